The number of hydrogen-bond acceptors (Lipinski definition) is 4. The van der Waals surface area contributed by atoms with E-state index in [2.05, 4.69) is 70.5 Å². The van der Waals surface area contributed by atoms with E-state index in [0.29, 0.717) is 5.82 Å². The molecule has 124 valence electrons. The van der Waals surface area contributed by atoms with Gasteiger partial charge < -0.3 is 0 Å². The highest BCUT2D eigenvalue weighted by Crippen LogP contribution is 2.35. The number of fused-ring (bicyclic) bond motifs is 1. The number of aromatic nitrogens is 5. The Labute approximate surface area is 147 Å². The van der Waals surface area contributed by atoms with Crippen LogP contribution in [0.5, 0.6) is 0 Å². The Morgan fingerprint density at radius 2 is 1.76 bits per heavy atom. The van der Waals surface area contributed by atoms with Crippen LogP contribution in [0.15, 0.2) is 37.2 Å². The Morgan fingerprint density at radius 3 is 2.52 bits per heavy atom. The zero-order chi connectivity index (χ0) is 17.6. The molecule has 0 atom stereocenters. The molecule has 25 heavy (non-hydrogen) atoms. The summed E-state index contributed by atoms with van der Waals surface area (Å²) in [5.74, 6) is 0.679. The van der Waals surface area contributed by atoms with Crippen molar-refractivity contribution in [3.05, 3.63) is 71.0 Å². The molecule has 0 unspecified atom stereocenters. The standard InChI is InChI=1S/C20H20N5/c1-12-7-13(2)14(3)17(8-12)19-15-5-6-16(18(15)24-11-25(19)4)20-22-9-21-10-23-20/h6-11H,5H2,1-4H3/q+1. The first-order chi connectivity index (χ1) is 12.1. The van der Waals surface area contributed by atoms with E-state index in [0.717, 1.165) is 17.7 Å². The van der Waals surface area contributed by atoms with Gasteiger partial charge in [0.25, 0.3) is 6.33 Å². The average molecular weight is 330 g/mol. The van der Waals surface area contributed by atoms with Gasteiger partial charge in [-0.25, -0.2) is 19.5 Å². The minimum atomic E-state index is 0.679. The molecular weight excluding hydrogens is 310 g/mol. The Balaban J connectivity index is 1.93. The summed E-state index contributed by atoms with van der Waals surface area (Å²) in [6.45, 7) is 6.50. The topological polar surface area (TPSA) is 55.4 Å². The first-order valence-corrected chi connectivity index (χ1v) is 8.35. The number of aryl methyl sites for hydroxylation is 3. The monoisotopic (exact) mass is 330 g/mol. The summed E-state index contributed by atoms with van der Waals surface area (Å²) in [6.07, 6.45) is 7.93. The van der Waals surface area contributed by atoms with Gasteiger partial charge in [-0.05, 0) is 42.9 Å². The summed E-state index contributed by atoms with van der Waals surface area (Å²) in [7, 11) is 2.06. The third-order valence-corrected chi connectivity index (χ3v) is 4.85. The van der Waals surface area contributed by atoms with E-state index in [1.165, 1.54) is 46.2 Å². The molecule has 4 rings (SSSR count). The molecule has 0 bridgehead atoms. The molecular formula is C20H20N5+. The Bertz CT molecular complexity index is 1010. The van der Waals surface area contributed by atoms with Crippen molar-refractivity contribution < 1.29 is 4.57 Å². The van der Waals surface area contributed by atoms with Crippen LogP contribution in [0.1, 0.15) is 33.8 Å². The molecule has 0 aliphatic heterocycles. The van der Waals surface area contributed by atoms with Crippen LogP contribution in [-0.2, 0) is 13.5 Å². The molecule has 0 radical (unpaired) electrons. The third kappa shape index (κ3) is 2.52. The fourth-order valence-electron chi connectivity index (χ4n) is 3.55. The van der Waals surface area contributed by atoms with Crippen LogP contribution >= 0.6 is 0 Å². The molecule has 0 amide bonds. The Morgan fingerprint density at radius 1 is 1.00 bits per heavy atom. The Kier molecular flexibility index (Phi) is 3.64. The average Bonchev–Trinajstić information content (AvgIpc) is 3.03. The number of nitrogens with zero attached hydrogens (tertiary/aromatic N) is 5. The normalized spacial score (nSPS) is 12.9. The zero-order valence-electron chi connectivity index (χ0n) is 14.9. The maximum atomic E-state index is 4.67. The van der Waals surface area contributed by atoms with Gasteiger partial charge in [-0.1, -0.05) is 17.7 Å². The van der Waals surface area contributed by atoms with Crippen LogP contribution in [0.2, 0.25) is 0 Å². The van der Waals surface area contributed by atoms with Crippen molar-refractivity contribution in [2.75, 3.05) is 0 Å². The van der Waals surface area contributed by atoms with Gasteiger partial charge in [0.2, 0.25) is 0 Å². The smallest absolute Gasteiger partial charge is 0.232 e. The summed E-state index contributed by atoms with van der Waals surface area (Å²) in [5, 5.41) is 0. The van der Waals surface area contributed by atoms with Crippen molar-refractivity contribution in [1.29, 1.82) is 0 Å². The first kappa shape index (κ1) is 15.6. The van der Waals surface area contributed by atoms with Gasteiger partial charge in [-0.3, -0.25) is 0 Å². The highest BCUT2D eigenvalue weighted by molar-refractivity contribution is 5.83. The van der Waals surface area contributed by atoms with E-state index in [4.69, 9.17) is 0 Å². The van der Waals surface area contributed by atoms with Crippen molar-refractivity contribution in [1.82, 2.24) is 19.9 Å². The molecule has 2 heterocycles. The van der Waals surface area contributed by atoms with Crippen molar-refractivity contribution >= 4 is 5.57 Å². The van der Waals surface area contributed by atoms with E-state index in [9.17, 15) is 0 Å². The summed E-state index contributed by atoms with van der Waals surface area (Å²) >= 11 is 0. The highest BCUT2D eigenvalue weighted by Gasteiger charge is 2.30. The van der Waals surface area contributed by atoms with Crippen LogP contribution < -0.4 is 4.57 Å². The maximum absolute atomic E-state index is 4.67. The second-order valence-corrected chi connectivity index (χ2v) is 6.57. The van der Waals surface area contributed by atoms with Crippen molar-refractivity contribution in [2.24, 2.45) is 7.05 Å². The van der Waals surface area contributed by atoms with Gasteiger partial charge in [-0.15, -0.1) is 0 Å². The molecule has 2 aromatic heterocycles. The predicted octanol–water partition coefficient (Wildman–Crippen LogP) is 2.67. The molecule has 3 aromatic rings. The van der Waals surface area contributed by atoms with Crippen LogP contribution in [-0.4, -0.2) is 19.9 Å². The van der Waals surface area contributed by atoms with Gasteiger partial charge >= 0.3 is 0 Å². The van der Waals surface area contributed by atoms with Crippen molar-refractivity contribution in [2.45, 2.75) is 27.2 Å². The SMILES string of the molecule is Cc1cc(C)c(C)c(-c2c3c(nc[n+]2C)C(c2ncncn2)=CC3)c1. The van der Waals surface area contributed by atoms with Gasteiger partial charge in [0, 0.05) is 12.0 Å². The predicted molar refractivity (Wildman–Crippen MR) is 95.7 cm³/mol. The molecule has 0 saturated carbocycles. The fraction of sp³-hybridized carbons (Fsp3) is 0.250. The largest absolute Gasteiger partial charge is 0.287 e. The van der Waals surface area contributed by atoms with Gasteiger partial charge in [-0.2, -0.15) is 0 Å². The first-order valence-electron chi connectivity index (χ1n) is 8.35. The molecule has 0 fully saturated rings. The number of rotatable bonds is 2. The summed E-state index contributed by atoms with van der Waals surface area (Å²) < 4.78 is 2.12. The molecule has 1 aliphatic rings. The van der Waals surface area contributed by atoms with E-state index < -0.39 is 0 Å². The second-order valence-electron chi connectivity index (χ2n) is 6.57. The van der Waals surface area contributed by atoms with Gasteiger partial charge in [0.1, 0.15) is 18.3 Å². The minimum absolute atomic E-state index is 0.679. The lowest BCUT2D eigenvalue weighted by Crippen LogP contribution is -2.33. The summed E-state index contributed by atoms with van der Waals surface area (Å²) in [6, 6.07) is 4.49. The number of allylic oxidation sites excluding steroid dienone is 1. The minimum Gasteiger partial charge on any atom is -0.232 e. The summed E-state index contributed by atoms with van der Waals surface area (Å²) in [5.41, 5.74) is 9.56. The molecule has 0 N–H and O–H groups in total. The zero-order valence-corrected chi connectivity index (χ0v) is 14.9. The third-order valence-electron chi connectivity index (χ3n) is 4.85. The molecule has 0 spiro atoms. The Hall–Kier alpha value is -2.95. The molecule has 1 aromatic carbocycles. The lowest BCUT2D eigenvalue weighted by molar-refractivity contribution is -0.663. The molecule has 5 heteroatoms. The highest BCUT2D eigenvalue weighted by atomic mass is 15.0. The summed E-state index contributed by atoms with van der Waals surface area (Å²) in [4.78, 5) is 17.2. The van der Waals surface area contributed by atoms with Gasteiger partial charge in [0.05, 0.1) is 18.2 Å². The number of benzene rings is 1. The van der Waals surface area contributed by atoms with Crippen LogP contribution in [0.4, 0.5) is 0 Å². The van der Waals surface area contributed by atoms with Crippen LogP contribution in [0, 0.1) is 20.8 Å². The second kappa shape index (κ2) is 5.84. The molecule has 1 aliphatic carbocycles. The van der Waals surface area contributed by atoms with Crippen LogP contribution in [0.3, 0.4) is 0 Å². The molecule has 5 nitrogen and oxygen atoms in total. The lowest BCUT2D eigenvalue weighted by Gasteiger charge is -2.13. The van der Waals surface area contributed by atoms with E-state index >= 15 is 0 Å². The van der Waals surface area contributed by atoms with E-state index in [1.54, 1.807) is 0 Å². The lowest BCUT2D eigenvalue weighted by atomic mass is 9.94. The van der Waals surface area contributed by atoms with E-state index in [-0.39, 0.29) is 0 Å². The maximum Gasteiger partial charge on any atom is 0.287 e. The van der Waals surface area contributed by atoms with Crippen LogP contribution in [0.25, 0.3) is 16.8 Å². The van der Waals surface area contributed by atoms with Gasteiger partial charge in [0.15, 0.2) is 11.5 Å². The quantitative estimate of drug-likeness (QED) is 0.678. The molecule has 0 saturated heterocycles. The fourth-order valence-corrected chi connectivity index (χ4v) is 3.55. The van der Waals surface area contributed by atoms with Crippen molar-refractivity contribution in [3.8, 4) is 11.3 Å². The van der Waals surface area contributed by atoms with E-state index in [1.807, 2.05) is 6.33 Å². The number of hydrogen-bond donors (Lipinski definition) is 0. The van der Waals surface area contributed by atoms with Crippen molar-refractivity contribution in [3.63, 3.8) is 0 Å².